The van der Waals surface area contributed by atoms with Gasteiger partial charge in [0.15, 0.2) is 5.65 Å². The molecule has 4 rings (SSSR count). The Labute approximate surface area is 137 Å². The summed E-state index contributed by atoms with van der Waals surface area (Å²) in [4.78, 5) is 17.1. The third-order valence-electron chi connectivity index (χ3n) is 4.08. The number of nitrogens with zero attached hydrogens (tertiary/aromatic N) is 4. The van der Waals surface area contributed by atoms with Gasteiger partial charge in [-0.15, -0.1) is 5.10 Å². The largest absolute Gasteiger partial charge is 0.497 e. The second kappa shape index (κ2) is 5.49. The van der Waals surface area contributed by atoms with Crippen LogP contribution in [0.5, 0.6) is 5.75 Å². The van der Waals surface area contributed by atoms with E-state index < -0.39 is 0 Å². The van der Waals surface area contributed by atoms with E-state index in [0.717, 1.165) is 27.9 Å². The van der Waals surface area contributed by atoms with Crippen molar-refractivity contribution in [2.24, 2.45) is 0 Å². The molecule has 1 aromatic carbocycles. The second-order valence-corrected chi connectivity index (χ2v) is 5.67. The predicted molar refractivity (Wildman–Crippen MR) is 91.6 cm³/mol. The third kappa shape index (κ3) is 2.23. The summed E-state index contributed by atoms with van der Waals surface area (Å²) >= 11 is 0. The molecular weight excluding hydrogens is 304 g/mol. The van der Waals surface area contributed by atoms with Gasteiger partial charge in [-0.3, -0.25) is 4.98 Å². The number of hydrogen-bond donors (Lipinski definition) is 0. The highest BCUT2D eigenvalue weighted by atomic mass is 16.5. The fraction of sp³-hybridized carbons (Fsp3) is 0.167. The first-order chi connectivity index (χ1) is 11.7. The fourth-order valence-electron chi connectivity index (χ4n) is 2.90. The molecule has 0 unspecified atom stereocenters. The molecule has 0 amide bonds. The van der Waals surface area contributed by atoms with Gasteiger partial charge in [0.25, 0.3) is 0 Å². The number of pyridine rings is 2. The lowest BCUT2D eigenvalue weighted by molar-refractivity contribution is 0.415. The maximum absolute atomic E-state index is 12.9. The molecule has 3 aromatic heterocycles. The third-order valence-corrected chi connectivity index (χ3v) is 4.08. The smallest absolute Gasteiger partial charge is 0.351 e. The molecule has 0 N–H and O–H groups in total. The van der Waals surface area contributed by atoms with Crippen LogP contribution in [-0.4, -0.2) is 26.3 Å². The molecule has 0 saturated heterocycles. The maximum Gasteiger partial charge on any atom is 0.351 e. The highest BCUT2D eigenvalue weighted by molar-refractivity contribution is 5.84. The first-order valence-corrected chi connectivity index (χ1v) is 7.64. The van der Waals surface area contributed by atoms with Crippen LogP contribution in [0.25, 0.3) is 16.6 Å². The van der Waals surface area contributed by atoms with Crippen molar-refractivity contribution in [3.63, 3.8) is 0 Å². The number of aromatic nitrogens is 4. The number of benzene rings is 1. The summed E-state index contributed by atoms with van der Waals surface area (Å²) in [6.45, 7) is 2.30. The first-order valence-electron chi connectivity index (χ1n) is 7.64. The van der Waals surface area contributed by atoms with Gasteiger partial charge >= 0.3 is 5.69 Å². The fourth-order valence-corrected chi connectivity index (χ4v) is 2.90. The molecule has 24 heavy (non-hydrogen) atoms. The van der Waals surface area contributed by atoms with Crippen LogP contribution in [0.3, 0.4) is 0 Å². The van der Waals surface area contributed by atoms with Crippen molar-refractivity contribution in [3.8, 4) is 5.75 Å². The van der Waals surface area contributed by atoms with Crippen LogP contribution < -0.4 is 10.4 Å². The Morgan fingerprint density at radius 1 is 1.17 bits per heavy atom. The molecule has 4 aromatic rings. The maximum atomic E-state index is 12.9. The van der Waals surface area contributed by atoms with Crippen molar-refractivity contribution < 1.29 is 4.74 Å². The molecule has 0 aliphatic rings. The number of rotatable bonds is 3. The van der Waals surface area contributed by atoms with Crippen LogP contribution >= 0.6 is 0 Å². The molecule has 0 aliphatic carbocycles. The molecule has 0 aliphatic heterocycles. The standard InChI is InChI=1S/C18H16N4O2/c1-12-9-13-10-15(24-2)6-7-16(13)22-17(12)20-21(18(22)23)11-14-5-3-4-8-19-14/h3-10H,11H2,1-2H3. The van der Waals surface area contributed by atoms with Gasteiger partial charge in [0.05, 0.1) is 24.9 Å². The van der Waals surface area contributed by atoms with Crippen molar-refractivity contribution in [1.29, 1.82) is 0 Å². The van der Waals surface area contributed by atoms with Crippen LogP contribution in [0.15, 0.2) is 53.5 Å². The molecule has 120 valence electrons. The predicted octanol–water partition coefficient (Wildman–Crippen LogP) is 2.41. The summed E-state index contributed by atoms with van der Waals surface area (Å²) in [6, 6.07) is 13.3. The second-order valence-electron chi connectivity index (χ2n) is 5.67. The van der Waals surface area contributed by atoms with Crippen LogP contribution in [0.4, 0.5) is 0 Å². The molecule has 0 bridgehead atoms. The molecular formula is C18H16N4O2. The van der Waals surface area contributed by atoms with Gasteiger partial charge in [-0.05, 0) is 48.9 Å². The lowest BCUT2D eigenvalue weighted by Crippen LogP contribution is -2.22. The Balaban J connectivity index is 1.96. The zero-order valence-corrected chi connectivity index (χ0v) is 13.4. The van der Waals surface area contributed by atoms with Gasteiger partial charge in [-0.2, -0.15) is 0 Å². The molecule has 3 heterocycles. The molecule has 6 heteroatoms. The van der Waals surface area contributed by atoms with Gasteiger partial charge in [0.2, 0.25) is 0 Å². The number of ether oxygens (including phenoxy) is 1. The number of fused-ring (bicyclic) bond motifs is 3. The minimum absolute atomic E-state index is 0.172. The average Bonchev–Trinajstić information content (AvgIpc) is 2.93. The zero-order valence-electron chi connectivity index (χ0n) is 13.4. The lowest BCUT2D eigenvalue weighted by Gasteiger charge is -2.05. The van der Waals surface area contributed by atoms with Crippen molar-refractivity contribution >= 4 is 16.6 Å². The van der Waals surface area contributed by atoms with E-state index in [2.05, 4.69) is 10.1 Å². The van der Waals surface area contributed by atoms with Crippen LogP contribution in [0.1, 0.15) is 11.3 Å². The van der Waals surface area contributed by atoms with Gasteiger partial charge in [0.1, 0.15) is 5.75 Å². The van der Waals surface area contributed by atoms with E-state index in [0.29, 0.717) is 12.2 Å². The quantitative estimate of drug-likeness (QED) is 0.581. The van der Waals surface area contributed by atoms with Crippen molar-refractivity contribution in [2.45, 2.75) is 13.5 Å². The topological polar surface area (TPSA) is 61.4 Å². The minimum Gasteiger partial charge on any atom is -0.497 e. The number of hydrogen-bond acceptors (Lipinski definition) is 4. The Kier molecular flexibility index (Phi) is 3.30. The minimum atomic E-state index is -0.172. The summed E-state index contributed by atoms with van der Waals surface area (Å²) in [6.07, 6.45) is 1.71. The van der Waals surface area contributed by atoms with Gasteiger partial charge in [-0.25, -0.2) is 13.9 Å². The molecule has 0 fully saturated rings. The summed E-state index contributed by atoms with van der Waals surface area (Å²) in [5.41, 5.74) is 3.04. The highest BCUT2D eigenvalue weighted by Crippen LogP contribution is 2.23. The van der Waals surface area contributed by atoms with Crippen LogP contribution in [0, 0.1) is 6.92 Å². The summed E-state index contributed by atoms with van der Waals surface area (Å²) in [5, 5.41) is 5.44. The van der Waals surface area contributed by atoms with E-state index >= 15 is 0 Å². The molecule has 0 radical (unpaired) electrons. The monoisotopic (exact) mass is 320 g/mol. The molecule has 6 nitrogen and oxygen atoms in total. The van der Waals surface area contributed by atoms with E-state index in [9.17, 15) is 4.79 Å². The van der Waals surface area contributed by atoms with Crippen LogP contribution in [-0.2, 0) is 6.54 Å². The van der Waals surface area contributed by atoms with Gasteiger partial charge in [-0.1, -0.05) is 6.07 Å². The van der Waals surface area contributed by atoms with E-state index in [4.69, 9.17) is 4.74 Å². The number of aryl methyl sites for hydroxylation is 1. The Bertz CT molecular complexity index is 1100. The van der Waals surface area contributed by atoms with Crippen LogP contribution in [0.2, 0.25) is 0 Å². The summed E-state index contributed by atoms with van der Waals surface area (Å²) in [7, 11) is 1.63. The normalized spacial score (nSPS) is 11.2. The molecule has 0 atom stereocenters. The van der Waals surface area contributed by atoms with Crippen molar-refractivity contribution in [3.05, 3.63) is 70.4 Å². The van der Waals surface area contributed by atoms with E-state index in [1.54, 1.807) is 17.7 Å². The Hall–Kier alpha value is -3.15. The van der Waals surface area contributed by atoms with Crippen molar-refractivity contribution in [2.75, 3.05) is 7.11 Å². The SMILES string of the molecule is COc1ccc2c(c1)cc(C)c1nn(Cc3ccccn3)c(=O)n12. The van der Waals surface area contributed by atoms with Crippen molar-refractivity contribution in [1.82, 2.24) is 19.2 Å². The molecule has 0 spiro atoms. The average molecular weight is 320 g/mol. The van der Waals surface area contributed by atoms with Gasteiger partial charge in [0, 0.05) is 11.6 Å². The number of methoxy groups -OCH3 is 1. The Morgan fingerprint density at radius 3 is 2.79 bits per heavy atom. The van der Waals surface area contributed by atoms with E-state index in [1.165, 1.54) is 4.68 Å². The van der Waals surface area contributed by atoms with E-state index in [-0.39, 0.29) is 5.69 Å². The van der Waals surface area contributed by atoms with E-state index in [1.807, 2.05) is 49.4 Å². The van der Waals surface area contributed by atoms with Gasteiger partial charge < -0.3 is 4.74 Å². The lowest BCUT2D eigenvalue weighted by atomic mass is 10.1. The summed E-state index contributed by atoms with van der Waals surface area (Å²) < 4.78 is 8.37. The Morgan fingerprint density at radius 2 is 2.04 bits per heavy atom. The molecule has 0 saturated carbocycles. The first kappa shape index (κ1) is 14.4. The summed E-state index contributed by atoms with van der Waals surface area (Å²) in [5.74, 6) is 0.759. The highest BCUT2D eigenvalue weighted by Gasteiger charge is 2.13. The zero-order chi connectivity index (χ0) is 16.7.